The van der Waals surface area contributed by atoms with Crippen molar-refractivity contribution in [3.05, 3.63) is 30.0 Å². The monoisotopic (exact) mass is 362 g/mol. The molecule has 1 aliphatic rings. The summed E-state index contributed by atoms with van der Waals surface area (Å²) < 4.78 is 0.628. The lowest BCUT2D eigenvalue weighted by Crippen LogP contribution is -2.52. The minimum absolute atomic E-state index is 0.0182. The zero-order valence-corrected chi connectivity index (χ0v) is 15.3. The molecule has 0 saturated carbocycles. The average molecular weight is 362 g/mol. The van der Waals surface area contributed by atoms with Crippen LogP contribution < -0.4 is 5.32 Å². The highest BCUT2D eigenvalue weighted by molar-refractivity contribution is 6.05. The van der Waals surface area contributed by atoms with Crippen LogP contribution in [-0.2, 0) is 6.10 Å². The summed E-state index contributed by atoms with van der Waals surface area (Å²) >= 11 is 0. The van der Waals surface area contributed by atoms with Crippen LogP contribution in [0.2, 0.25) is 0 Å². The number of hydrogen-bond acceptors (Lipinski definition) is 6. The van der Waals surface area contributed by atoms with E-state index in [1.165, 1.54) is 0 Å². The Morgan fingerprint density at radius 2 is 2.00 bits per heavy atom. The van der Waals surface area contributed by atoms with Crippen molar-refractivity contribution in [3.63, 3.8) is 0 Å². The van der Waals surface area contributed by atoms with Gasteiger partial charge in [-0.3, -0.25) is 4.79 Å². The smallest absolute Gasteiger partial charge is 0.348 e. The largest absolute Gasteiger partial charge is 0.389 e. The van der Waals surface area contributed by atoms with Crippen LogP contribution in [0.4, 0.5) is 0 Å². The Balaban J connectivity index is 1.87. The van der Waals surface area contributed by atoms with Gasteiger partial charge in [0.25, 0.3) is 5.91 Å². The number of carbonyl (C=O) groups excluding carboxylic acids is 1. The van der Waals surface area contributed by atoms with Crippen molar-refractivity contribution >= 4 is 16.8 Å². The van der Waals surface area contributed by atoms with Crippen LogP contribution in [-0.4, -0.2) is 61.1 Å². The number of nitrogens with one attached hydrogen (secondary N) is 1. The van der Waals surface area contributed by atoms with Crippen molar-refractivity contribution < 1.29 is 20.1 Å². The molecule has 0 aliphatic carbocycles. The van der Waals surface area contributed by atoms with Crippen LogP contribution in [0.1, 0.15) is 43.6 Å². The summed E-state index contributed by atoms with van der Waals surface area (Å²) in [5, 5.41) is 35.9. The number of fused-ring (bicyclic) bond motifs is 1. The molecular weight excluding hydrogens is 336 g/mol. The van der Waals surface area contributed by atoms with Crippen LogP contribution >= 0.6 is 0 Å². The lowest BCUT2D eigenvalue weighted by atomic mass is 9.91. The number of hydrogen-bond donors (Lipinski definition) is 4. The summed E-state index contributed by atoms with van der Waals surface area (Å²) in [6.45, 7) is 4.28. The molecule has 0 radical (unpaired) electrons. The number of para-hydroxylation sites is 1. The van der Waals surface area contributed by atoms with E-state index in [-0.39, 0.29) is 23.2 Å². The van der Waals surface area contributed by atoms with Gasteiger partial charge in [0.15, 0.2) is 5.69 Å². The predicted octanol–water partition coefficient (Wildman–Crippen LogP) is 0.572. The van der Waals surface area contributed by atoms with E-state index in [1.54, 1.807) is 24.3 Å². The first-order valence-electron chi connectivity index (χ1n) is 8.90. The summed E-state index contributed by atoms with van der Waals surface area (Å²) in [4.78, 5) is 15.1. The molecule has 1 amide bonds. The Morgan fingerprint density at radius 1 is 1.31 bits per heavy atom. The first-order valence-corrected chi connectivity index (χ1v) is 8.90. The quantitative estimate of drug-likeness (QED) is 0.592. The summed E-state index contributed by atoms with van der Waals surface area (Å²) in [6.07, 6.45) is -0.479. The van der Waals surface area contributed by atoms with E-state index in [0.717, 1.165) is 19.3 Å². The van der Waals surface area contributed by atoms with Crippen molar-refractivity contribution in [2.45, 2.75) is 57.3 Å². The predicted molar refractivity (Wildman–Crippen MR) is 96.2 cm³/mol. The van der Waals surface area contributed by atoms with Gasteiger partial charge >= 0.3 is 6.10 Å². The molecule has 8 nitrogen and oxygen atoms in total. The molecule has 8 heteroatoms. The van der Waals surface area contributed by atoms with Crippen LogP contribution in [0.25, 0.3) is 10.9 Å². The van der Waals surface area contributed by atoms with Gasteiger partial charge in [0.2, 0.25) is 0 Å². The minimum atomic E-state index is -3.17. The van der Waals surface area contributed by atoms with E-state index >= 15 is 0 Å². The Labute approximate surface area is 152 Å². The molecule has 1 aromatic heterocycles. The molecule has 2 heterocycles. The van der Waals surface area contributed by atoms with Gasteiger partial charge in [-0.1, -0.05) is 25.1 Å². The van der Waals surface area contributed by atoms with Crippen LogP contribution in [0.15, 0.2) is 24.3 Å². The zero-order valence-electron chi connectivity index (χ0n) is 15.3. The molecular formula is C18H26N4O4. The van der Waals surface area contributed by atoms with Gasteiger partial charge in [0, 0.05) is 23.5 Å². The second-order valence-electron chi connectivity index (χ2n) is 7.10. The standard InChI is InChI=1S/C18H26N4O4/c1-4-13-10-12(9-11(2)21(13)3)19-17(23)16-14-7-5-6-8-15(14)22(20-16)18(24,25)26/h5-8,11-13,24-26H,4,9-10H2,1-3H3,(H,19,23). The fourth-order valence-corrected chi connectivity index (χ4v) is 3.82. The Morgan fingerprint density at radius 3 is 2.65 bits per heavy atom. The van der Waals surface area contributed by atoms with E-state index < -0.39 is 6.10 Å². The molecule has 1 aromatic carbocycles. The van der Waals surface area contributed by atoms with Crippen molar-refractivity contribution in [3.8, 4) is 0 Å². The maximum absolute atomic E-state index is 12.8. The summed E-state index contributed by atoms with van der Waals surface area (Å²) in [5.74, 6) is -0.388. The molecule has 2 aromatic rings. The Hall–Kier alpha value is -2.00. The first-order chi connectivity index (χ1) is 12.2. The molecule has 3 unspecified atom stereocenters. The third kappa shape index (κ3) is 3.45. The molecule has 3 atom stereocenters. The van der Waals surface area contributed by atoms with Gasteiger partial charge in [-0.05, 0) is 39.3 Å². The van der Waals surface area contributed by atoms with E-state index in [0.29, 0.717) is 22.2 Å². The van der Waals surface area contributed by atoms with Crippen molar-refractivity contribution in [1.82, 2.24) is 20.0 Å². The summed E-state index contributed by atoms with van der Waals surface area (Å²) in [7, 11) is 2.11. The molecule has 0 bridgehead atoms. The van der Waals surface area contributed by atoms with Gasteiger partial charge in [-0.2, -0.15) is 9.78 Å². The number of piperidine rings is 1. The van der Waals surface area contributed by atoms with Crippen LogP contribution in [0.3, 0.4) is 0 Å². The number of rotatable bonds is 4. The lowest BCUT2D eigenvalue weighted by molar-refractivity contribution is -0.378. The van der Waals surface area contributed by atoms with Gasteiger partial charge in [-0.15, -0.1) is 0 Å². The van der Waals surface area contributed by atoms with Gasteiger partial charge < -0.3 is 25.5 Å². The highest BCUT2D eigenvalue weighted by Crippen LogP contribution is 2.25. The van der Waals surface area contributed by atoms with E-state index in [9.17, 15) is 20.1 Å². The second kappa shape index (κ2) is 6.96. The fraction of sp³-hybridized carbons (Fsp3) is 0.556. The molecule has 1 fully saturated rings. The van der Waals surface area contributed by atoms with E-state index in [1.807, 2.05) is 0 Å². The van der Waals surface area contributed by atoms with E-state index in [4.69, 9.17) is 0 Å². The van der Waals surface area contributed by atoms with Crippen molar-refractivity contribution in [2.24, 2.45) is 0 Å². The van der Waals surface area contributed by atoms with Gasteiger partial charge in [0.1, 0.15) is 0 Å². The highest BCUT2D eigenvalue weighted by Gasteiger charge is 2.33. The normalized spacial score (nSPS) is 24.8. The number of nitrogens with zero attached hydrogens (tertiary/aromatic N) is 3. The number of benzene rings is 1. The number of likely N-dealkylation sites (tertiary alicyclic amines) is 1. The number of amides is 1. The van der Waals surface area contributed by atoms with Gasteiger partial charge in [-0.25, -0.2) is 0 Å². The summed E-state index contributed by atoms with van der Waals surface area (Å²) in [6, 6.07) is 7.38. The third-order valence-corrected chi connectivity index (χ3v) is 5.35. The highest BCUT2D eigenvalue weighted by atomic mass is 16.7. The number of aromatic nitrogens is 2. The number of aliphatic hydroxyl groups is 3. The Bertz CT molecular complexity index is 798. The van der Waals surface area contributed by atoms with Crippen LogP contribution in [0, 0.1) is 0 Å². The summed E-state index contributed by atoms with van der Waals surface area (Å²) in [5.41, 5.74) is 0.315. The topological polar surface area (TPSA) is 111 Å². The van der Waals surface area contributed by atoms with Crippen molar-refractivity contribution in [1.29, 1.82) is 0 Å². The number of carbonyl (C=O) groups is 1. The SMILES string of the molecule is CCC1CC(NC(=O)c2nn(C(O)(O)O)c3ccccc23)CC(C)N1C. The fourth-order valence-electron chi connectivity index (χ4n) is 3.82. The third-order valence-electron chi connectivity index (χ3n) is 5.35. The van der Waals surface area contributed by atoms with E-state index in [2.05, 4.69) is 36.2 Å². The Kier molecular flexibility index (Phi) is 5.03. The molecule has 1 aliphatic heterocycles. The maximum atomic E-state index is 12.8. The van der Waals surface area contributed by atoms with Crippen LogP contribution in [0.5, 0.6) is 0 Å². The van der Waals surface area contributed by atoms with Crippen molar-refractivity contribution in [2.75, 3.05) is 7.05 Å². The molecule has 1 saturated heterocycles. The average Bonchev–Trinajstić information content (AvgIpc) is 2.98. The lowest BCUT2D eigenvalue weighted by Gasteiger charge is -2.41. The molecule has 3 rings (SSSR count). The zero-order chi connectivity index (χ0) is 19.1. The van der Waals surface area contributed by atoms with Gasteiger partial charge in [0.05, 0.1) is 5.52 Å². The maximum Gasteiger partial charge on any atom is 0.389 e. The molecule has 0 spiro atoms. The first kappa shape index (κ1) is 18.8. The minimum Gasteiger partial charge on any atom is -0.348 e. The molecule has 142 valence electrons. The molecule has 26 heavy (non-hydrogen) atoms. The second-order valence-corrected chi connectivity index (χ2v) is 7.10. The molecule has 4 N–H and O–H groups in total.